The van der Waals surface area contributed by atoms with Gasteiger partial charge in [-0.3, -0.25) is 9.59 Å². The van der Waals surface area contributed by atoms with Crippen molar-refractivity contribution in [3.05, 3.63) is 63.7 Å². The molecule has 1 fully saturated rings. The van der Waals surface area contributed by atoms with E-state index in [0.29, 0.717) is 10.8 Å². The standard InChI is InChI=1S/C27H35ClN2O3/c1-18-14-19(2)20(3)25(15-18)33-17-26(31)30(16-22-10-8-9-13-24(22)28)21(4)27(32)29-23-11-6-5-7-12-23/h8-10,13-15,21,23H,5-7,11-12,16-17H2,1-4H3,(H,29,32). The first-order chi connectivity index (χ1) is 15.8. The molecule has 3 rings (SSSR count). The topological polar surface area (TPSA) is 58.6 Å². The Kier molecular flexibility index (Phi) is 8.79. The number of hydrogen-bond donors (Lipinski definition) is 1. The molecule has 6 heteroatoms. The third kappa shape index (κ3) is 6.73. The number of rotatable bonds is 8. The molecule has 0 aliphatic heterocycles. The van der Waals surface area contributed by atoms with E-state index in [2.05, 4.69) is 11.4 Å². The van der Waals surface area contributed by atoms with Gasteiger partial charge in [-0.2, -0.15) is 0 Å². The molecule has 0 aromatic heterocycles. The van der Waals surface area contributed by atoms with Crippen LogP contribution >= 0.6 is 11.6 Å². The minimum Gasteiger partial charge on any atom is -0.483 e. The first-order valence-corrected chi connectivity index (χ1v) is 12.2. The Labute approximate surface area is 202 Å². The number of halogens is 1. The minimum absolute atomic E-state index is 0.134. The van der Waals surface area contributed by atoms with Gasteiger partial charge in [-0.15, -0.1) is 0 Å². The molecule has 33 heavy (non-hydrogen) atoms. The van der Waals surface area contributed by atoms with Gasteiger partial charge in [0.2, 0.25) is 5.91 Å². The normalized spacial score (nSPS) is 15.1. The number of amides is 2. The van der Waals surface area contributed by atoms with Crippen LogP contribution < -0.4 is 10.1 Å². The number of hydrogen-bond acceptors (Lipinski definition) is 3. The summed E-state index contributed by atoms with van der Waals surface area (Å²) >= 11 is 6.37. The van der Waals surface area contributed by atoms with Gasteiger partial charge in [0.25, 0.3) is 5.91 Å². The smallest absolute Gasteiger partial charge is 0.261 e. The summed E-state index contributed by atoms with van der Waals surface area (Å²) in [5.41, 5.74) is 4.00. The van der Waals surface area contributed by atoms with Gasteiger partial charge in [0.15, 0.2) is 6.61 Å². The van der Waals surface area contributed by atoms with Gasteiger partial charge in [-0.1, -0.05) is 55.1 Å². The van der Waals surface area contributed by atoms with Gasteiger partial charge >= 0.3 is 0 Å². The molecular formula is C27H35ClN2O3. The molecule has 1 saturated carbocycles. The predicted molar refractivity (Wildman–Crippen MR) is 133 cm³/mol. The third-order valence-corrected chi connectivity index (χ3v) is 6.90. The molecule has 0 radical (unpaired) electrons. The van der Waals surface area contributed by atoms with Crippen molar-refractivity contribution >= 4 is 23.4 Å². The zero-order valence-electron chi connectivity index (χ0n) is 20.1. The molecule has 0 heterocycles. The highest BCUT2D eigenvalue weighted by Crippen LogP contribution is 2.24. The highest BCUT2D eigenvalue weighted by Gasteiger charge is 2.29. The van der Waals surface area contributed by atoms with Crippen LogP contribution in [0.15, 0.2) is 36.4 Å². The number of benzene rings is 2. The van der Waals surface area contributed by atoms with E-state index < -0.39 is 6.04 Å². The lowest BCUT2D eigenvalue weighted by Gasteiger charge is -2.31. The molecule has 2 aromatic rings. The molecule has 1 aliphatic carbocycles. The van der Waals surface area contributed by atoms with E-state index in [1.807, 2.05) is 45.0 Å². The van der Waals surface area contributed by atoms with E-state index in [4.69, 9.17) is 16.3 Å². The van der Waals surface area contributed by atoms with E-state index in [9.17, 15) is 9.59 Å². The van der Waals surface area contributed by atoms with Gasteiger partial charge < -0.3 is 15.0 Å². The molecule has 2 aromatic carbocycles. The summed E-state index contributed by atoms with van der Waals surface area (Å²) in [5, 5.41) is 3.72. The minimum atomic E-state index is -0.639. The van der Waals surface area contributed by atoms with Crippen molar-refractivity contribution in [2.24, 2.45) is 0 Å². The molecule has 1 unspecified atom stereocenters. The Hall–Kier alpha value is -2.53. The SMILES string of the molecule is Cc1cc(C)c(C)c(OCC(=O)N(Cc2ccccc2Cl)C(C)C(=O)NC2CCCCC2)c1. The van der Waals surface area contributed by atoms with Crippen LogP contribution in [0, 0.1) is 20.8 Å². The van der Waals surface area contributed by atoms with Crippen LogP contribution in [-0.4, -0.2) is 35.4 Å². The maximum absolute atomic E-state index is 13.3. The second kappa shape index (κ2) is 11.6. The van der Waals surface area contributed by atoms with E-state index in [1.165, 1.54) is 6.42 Å². The molecule has 0 bridgehead atoms. The number of nitrogens with one attached hydrogen (secondary N) is 1. The van der Waals surface area contributed by atoms with E-state index in [1.54, 1.807) is 17.9 Å². The number of ether oxygens (including phenoxy) is 1. The summed E-state index contributed by atoms with van der Waals surface area (Å²) < 4.78 is 5.93. The second-order valence-electron chi connectivity index (χ2n) is 9.13. The second-order valence-corrected chi connectivity index (χ2v) is 9.53. The summed E-state index contributed by atoms with van der Waals surface area (Å²) in [6.07, 6.45) is 5.46. The first-order valence-electron chi connectivity index (χ1n) is 11.8. The fourth-order valence-electron chi connectivity index (χ4n) is 4.33. The number of carbonyl (C=O) groups excluding carboxylic acids is 2. The average Bonchev–Trinajstić information content (AvgIpc) is 2.80. The number of aryl methyl sites for hydroxylation is 2. The zero-order chi connectivity index (χ0) is 24.0. The highest BCUT2D eigenvalue weighted by atomic mass is 35.5. The predicted octanol–water partition coefficient (Wildman–Crippen LogP) is 5.51. The van der Waals surface area contributed by atoms with Gasteiger partial charge in [0, 0.05) is 17.6 Å². The monoisotopic (exact) mass is 470 g/mol. The van der Waals surface area contributed by atoms with Crippen LogP contribution in [-0.2, 0) is 16.1 Å². The molecular weight excluding hydrogens is 436 g/mol. The lowest BCUT2D eigenvalue weighted by atomic mass is 9.95. The van der Waals surface area contributed by atoms with Crippen LogP contribution in [0.2, 0.25) is 5.02 Å². The molecule has 0 saturated heterocycles. The largest absolute Gasteiger partial charge is 0.483 e. The Balaban J connectivity index is 1.76. The average molecular weight is 471 g/mol. The highest BCUT2D eigenvalue weighted by molar-refractivity contribution is 6.31. The lowest BCUT2D eigenvalue weighted by Crippen LogP contribution is -2.51. The Morgan fingerprint density at radius 2 is 1.82 bits per heavy atom. The molecule has 0 spiro atoms. The molecule has 1 atom stereocenters. The first kappa shape index (κ1) is 25.1. The van der Waals surface area contributed by atoms with Crippen molar-refractivity contribution in [3.63, 3.8) is 0 Å². The fourth-order valence-corrected chi connectivity index (χ4v) is 4.53. The third-order valence-electron chi connectivity index (χ3n) is 6.53. The summed E-state index contributed by atoms with van der Waals surface area (Å²) in [5.74, 6) is 0.308. The van der Waals surface area contributed by atoms with Crippen molar-refractivity contribution in [1.29, 1.82) is 0 Å². The van der Waals surface area contributed by atoms with Crippen molar-refractivity contribution < 1.29 is 14.3 Å². The van der Waals surface area contributed by atoms with Crippen LogP contribution in [0.4, 0.5) is 0 Å². The van der Waals surface area contributed by atoms with Crippen molar-refractivity contribution in [3.8, 4) is 5.75 Å². The van der Waals surface area contributed by atoms with Crippen molar-refractivity contribution in [2.45, 2.75) is 78.4 Å². The summed E-state index contributed by atoms with van der Waals surface area (Å²) in [7, 11) is 0. The molecule has 1 N–H and O–H groups in total. The quantitative estimate of drug-likeness (QED) is 0.553. The Morgan fingerprint density at radius 1 is 1.12 bits per heavy atom. The molecule has 2 amide bonds. The molecule has 1 aliphatic rings. The Bertz CT molecular complexity index is 985. The van der Waals surface area contributed by atoms with Crippen LogP contribution in [0.1, 0.15) is 61.3 Å². The van der Waals surface area contributed by atoms with E-state index in [0.717, 1.165) is 47.9 Å². The van der Waals surface area contributed by atoms with Crippen LogP contribution in [0.3, 0.4) is 0 Å². The molecule has 178 valence electrons. The van der Waals surface area contributed by atoms with Gasteiger partial charge in [-0.25, -0.2) is 0 Å². The Morgan fingerprint density at radius 3 is 2.52 bits per heavy atom. The van der Waals surface area contributed by atoms with Crippen LogP contribution in [0.25, 0.3) is 0 Å². The lowest BCUT2D eigenvalue weighted by molar-refractivity contribution is -0.142. The van der Waals surface area contributed by atoms with Crippen molar-refractivity contribution in [1.82, 2.24) is 10.2 Å². The number of nitrogens with zero attached hydrogens (tertiary/aromatic N) is 1. The van der Waals surface area contributed by atoms with E-state index in [-0.39, 0.29) is 31.0 Å². The maximum Gasteiger partial charge on any atom is 0.261 e. The zero-order valence-corrected chi connectivity index (χ0v) is 20.9. The maximum atomic E-state index is 13.3. The van der Waals surface area contributed by atoms with E-state index >= 15 is 0 Å². The molecule has 5 nitrogen and oxygen atoms in total. The van der Waals surface area contributed by atoms with Crippen LogP contribution in [0.5, 0.6) is 5.75 Å². The fraction of sp³-hybridized carbons (Fsp3) is 0.481. The summed E-state index contributed by atoms with van der Waals surface area (Å²) in [4.78, 5) is 28.0. The number of carbonyl (C=O) groups is 2. The summed E-state index contributed by atoms with van der Waals surface area (Å²) in [6.45, 7) is 7.88. The van der Waals surface area contributed by atoms with Gasteiger partial charge in [0.1, 0.15) is 11.8 Å². The van der Waals surface area contributed by atoms with Crippen molar-refractivity contribution in [2.75, 3.05) is 6.61 Å². The summed E-state index contributed by atoms with van der Waals surface area (Å²) in [6, 6.07) is 11.0. The van der Waals surface area contributed by atoms with Gasteiger partial charge in [-0.05, 0) is 74.9 Å². The van der Waals surface area contributed by atoms with Gasteiger partial charge in [0.05, 0.1) is 0 Å².